The molecule has 0 bridgehead atoms. The average molecular weight is 310 g/mol. The maximum absolute atomic E-state index is 13.1. The molecule has 0 saturated carbocycles. The number of carbonyl (C=O) groups is 1. The van der Waals surface area contributed by atoms with E-state index in [0.29, 0.717) is 11.6 Å². The van der Waals surface area contributed by atoms with Crippen molar-refractivity contribution in [2.45, 2.75) is 19.7 Å². The molecule has 0 amide bonds. The topological polar surface area (TPSA) is 46.5 Å². The van der Waals surface area contributed by atoms with Crippen molar-refractivity contribution < 1.29 is 27.8 Å². The number of aromatic hydroxyl groups is 1. The van der Waals surface area contributed by atoms with E-state index in [1.807, 2.05) is 0 Å². The van der Waals surface area contributed by atoms with Gasteiger partial charge in [0.2, 0.25) is 0 Å². The summed E-state index contributed by atoms with van der Waals surface area (Å²) in [4.78, 5) is 11.3. The van der Waals surface area contributed by atoms with Gasteiger partial charge in [-0.2, -0.15) is 13.2 Å². The molecule has 0 atom stereocenters. The number of ketones is 1. The van der Waals surface area contributed by atoms with Crippen molar-refractivity contribution in [3.63, 3.8) is 0 Å². The lowest BCUT2D eigenvalue weighted by atomic mass is 10.0. The summed E-state index contributed by atoms with van der Waals surface area (Å²) in [5.41, 5.74) is -0.795. The predicted molar refractivity (Wildman–Crippen MR) is 73.9 cm³/mol. The van der Waals surface area contributed by atoms with Crippen LogP contribution in [0.2, 0.25) is 0 Å². The van der Waals surface area contributed by atoms with E-state index in [-0.39, 0.29) is 12.2 Å². The number of Topliss-reactive ketones (excluding diaryl/α,β-unsaturated/α-hetero) is 1. The van der Waals surface area contributed by atoms with Gasteiger partial charge in [0.25, 0.3) is 0 Å². The highest BCUT2D eigenvalue weighted by Crippen LogP contribution is 2.40. The van der Waals surface area contributed by atoms with E-state index < -0.39 is 29.0 Å². The molecular formula is C16H13F3O3. The Morgan fingerprint density at radius 2 is 1.82 bits per heavy atom. The molecule has 22 heavy (non-hydrogen) atoms. The molecule has 2 aromatic carbocycles. The van der Waals surface area contributed by atoms with Gasteiger partial charge in [-0.05, 0) is 18.6 Å². The predicted octanol–water partition coefficient (Wildman–Crippen LogP) is 4.19. The monoisotopic (exact) mass is 310 g/mol. The number of phenols is 1. The van der Waals surface area contributed by atoms with Crippen LogP contribution in [0, 0.1) is 0 Å². The van der Waals surface area contributed by atoms with Crippen LogP contribution in [0.1, 0.15) is 28.4 Å². The third-order valence-corrected chi connectivity index (χ3v) is 3.02. The second-order valence-corrected chi connectivity index (χ2v) is 4.69. The zero-order chi connectivity index (χ0) is 16.3. The van der Waals surface area contributed by atoms with E-state index in [1.54, 1.807) is 30.3 Å². The molecular weight excluding hydrogens is 297 g/mol. The number of benzene rings is 2. The molecule has 2 aromatic rings. The fourth-order valence-electron chi connectivity index (χ4n) is 1.93. The summed E-state index contributed by atoms with van der Waals surface area (Å²) in [7, 11) is 0. The van der Waals surface area contributed by atoms with E-state index >= 15 is 0 Å². The van der Waals surface area contributed by atoms with E-state index in [2.05, 4.69) is 0 Å². The van der Waals surface area contributed by atoms with E-state index in [1.165, 1.54) is 0 Å². The molecule has 2 rings (SSSR count). The molecule has 0 aliphatic carbocycles. The highest BCUT2D eigenvalue weighted by atomic mass is 19.4. The van der Waals surface area contributed by atoms with Gasteiger partial charge in [-0.1, -0.05) is 30.3 Å². The Labute approximate surface area is 125 Å². The third kappa shape index (κ3) is 3.58. The van der Waals surface area contributed by atoms with Gasteiger partial charge in [-0.3, -0.25) is 4.79 Å². The minimum atomic E-state index is -4.69. The Morgan fingerprint density at radius 3 is 2.36 bits per heavy atom. The van der Waals surface area contributed by atoms with Crippen LogP contribution in [0.25, 0.3) is 0 Å². The van der Waals surface area contributed by atoms with Crippen LogP contribution in [0.5, 0.6) is 11.5 Å². The largest absolute Gasteiger partial charge is 0.507 e. The van der Waals surface area contributed by atoms with Crippen molar-refractivity contribution >= 4 is 5.78 Å². The summed E-state index contributed by atoms with van der Waals surface area (Å²) in [6.07, 6.45) is -4.69. The second kappa shape index (κ2) is 6.09. The number of halogens is 3. The lowest BCUT2D eigenvalue weighted by molar-refractivity contribution is -0.139. The average Bonchev–Trinajstić information content (AvgIpc) is 2.44. The number of rotatable bonds is 4. The van der Waals surface area contributed by atoms with Crippen LogP contribution in [0.4, 0.5) is 13.2 Å². The van der Waals surface area contributed by atoms with Crippen molar-refractivity contribution in [3.8, 4) is 11.5 Å². The zero-order valence-corrected chi connectivity index (χ0v) is 11.6. The summed E-state index contributed by atoms with van der Waals surface area (Å²) in [6, 6.07) is 10.1. The van der Waals surface area contributed by atoms with Crippen LogP contribution in [0.3, 0.4) is 0 Å². The highest BCUT2D eigenvalue weighted by molar-refractivity contribution is 5.97. The molecule has 116 valence electrons. The van der Waals surface area contributed by atoms with Crippen molar-refractivity contribution in [1.29, 1.82) is 0 Å². The zero-order valence-electron chi connectivity index (χ0n) is 11.6. The molecule has 0 aliphatic heterocycles. The summed E-state index contributed by atoms with van der Waals surface area (Å²) < 4.78 is 44.4. The summed E-state index contributed by atoms with van der Waals surface area (Å²) in [6.45, 7) is 1.00. The molecule has 0 radical (unpaired) electrons. The first-order valence-electron chi connectivity index (χ1n) is 6.41. The van der Waals surface area contributed by atoms with Gasteiger partial charge in [0, 0.05) is 6.07 Å². The maximum atomic E-state index is 13.1. The fraction of sp³-hybridized carbons (Fsp3) is 0.188. The number of alkyl halides is 3. The summed E-state index contributed by atoms with van der Waals surface area (Å²) in [5.74, 6) is -1.71. The van der Waals surface area contributed by atoms with Crippen molar-refractivity contribution in [2.24, 2.45) is 0 Å². The first-order valence-corrected chi connectivity index (χ1v) is 6.41. The standard InChI is InChI=1S/C16H13F3O3/c1-10(20)12-7-13(16(17,18)19)15(8-14(12)21)22-9-11-5-3-2-4-6-11/h2-8,21H,9H2,1H3. The normalized spacial score (nSPS) is 11.3. The molecule has 0 unspecified atom stereocenters. The summed E-state index contributed by atoms with van der Waals surface area (Å²) in [5, 5.41) is 9.68. The molecule has 0 heterocycles. The van der Waals surface area contributed by atoms with Crippen LogP contribution < -0.4 is 4.74 Å². The molecule has 6 heteroatoms. The molecule has 3 nitrogen and oxygen atoms in total. The van der Waals surface area contributed by atoms with Crippen molar-refractivity contribution in [3.05, 3.63) is 59.2 Å². The van der Waals surface area contributed by atoms with Crippen LogP contribution in [0.15, 0.2) is 42.5 Å². The molecule has 1 N–H and O–H groups in total. The van der Waals surface area contributed by atoms with Crippen LogP contribution in [-0.4, -0.2) is 10.9 Å². The van der Waals surface area contributed by atoms with Crippen molar-refractivity contribution in [1.82, 2.24) is 0 Å². The van der Waals surface area contributed by atoms with Gasteiger partial charge >= 0.3 is 6.18 Å². The fourth-order valence-corrected chi connectivity index (χ4v) is 1.93. The minimum Gasteiger partial charge on any atom is -0.507 e. The first kappa shape index (κ1) is 15.9. The Balaban J connectivity index is 2.37. The van der Waals surface area contributed by atoms with Gasteiger partial charge in [-0.15, -0.1) is 0 Å². The van der Waals surface area contributed by atoms with Gasteiger partial charge in [0.05, 0.1) is 11.1 Å². The summed E-state index contributed by atoms with van der Waals surface area (Å²) >= 11 is 0. The molecule has 0 fully saturated rings. The van der Waals surface area contributed by atoms with Crippen molar-refractivity contribution in [2.75, 3.05) is 0 Å². The number of hydrogen-bond donors (Lipinski definition) is 1. The number of hydrogen-bond acceptors (Lipinski definition) is 3. The molecule has 0 aliphatic rings. The Morgan fingerprint density at radius 1 is 1.18 bits per heavy atom. The number of ether oxygens (including phenoxy) is 1. The van der Waals surface area contributed by atoms with E-state index in [0.717, 1.165) is 13.0 Å². The SMILES string of the molecule is CC(=O)c1cc(C(F)(F)F)c(OCc2ccccc2)cc1O. The van der Waals surface area contributed by atoms with Gasteiger partial charge in [0.15, 0.2) is 5.78 Å². The number of phenolic OH excluding ortho intramolecular Hbond substituents is 1. The Hall–Kier alpha value is -2.50. The minimum absolute atomic E-state index is 0.0806. The van der Waals surface area contributed by atoms with Gasteiger partial charge < -0.3 is 9.84 Å². The first-order chi connectivity index (χ1) is 10.3. The lowest BCUT2D eigenvalue weighted by Gasteiger charge is -2.16. The highest BCUT2D eigenvalue weighted by Gasteiger charge is 2.36. The van der Waals surface area contributed by atoms with Crippen LogP contribution >= 0.6 is 0 Å². The molecule has 0 saturated heterocycles. The number of carbonyl (C=O) groups excluding carboxylic acids is 1. The van der Waals surface area contributed by atoms with Gasteiger partial charge in [-0.25, -0.2) is 0 Å². The maximum Gasteiger partial charge on any atom is 0.419 e. The van der Waals surface area contributed by atoms with E-state index in [4.69, 9.17) is 4.74 Å². The molecule has 0 aromatic heterocycles. The second-order valence-electron chi connectivity index (χ2n) is 4.69. The third-order valence-electron chi connectivity index (χ3n) is 3.02. The quantitative estimate of drug-likeness (QED) is 0.861. The van der Waals surface area contributed by atoms with E-state index in [9.17, 15) is 23.1 Å². The van der Waals surface area contributed by atoms with Crippen LogP contribution in [-0.2, 0) is 12.8 Å². The Kier molecular flexibility index (Phi) is 4.40. The smallest absolute Gasteiger partial charge is 0.419 e. The molecule has 0 spiro atoms. The Bertz CT molecular complexity index is 679. The lowest BCUT2D eigenvalue weighted by Crippen LogP contribution is -2.10. The van der Waals surface area contributed by atoms with Gasteiger partial charge in [0.1, 0.15) is 18.1 Å².